The number of carbonyl (C=O) groups excluding carboxylic acids is 2. The zero-order chi connectivity index (χ0) is 54.3. The number of ether oxygens (including phenoxy) is 1. The highest BCUT2D eigenvalue weighted by molar-refractivity contribution is 5.76. The molecule has 2 atom stereocenters. The van der Waals surface area contributed by atoms with Gasteiger partial charge in [0.1, 0.15) is 0 Å². The summed E-state index contributed by atoms with van der Waals surface area (Å²) < 4.78 is 5.43. The average Bonchev–Trinajstić information content (AvgIpc) is 3.41. The normalized spacial score (nSPS) is 12.9. The molecule has 6 heteroatoms. The molecule has 0 heterocycles. The van der Waals surface area contributed by atoms with Crippen LogP contribution in [0.3, 0.4) is 0 Å². The molecule has 0 fully saturated rings. The first-order valence-electron chi connectivity index (χ1n) is 33.4. The van der Waals surface area contributed by atoms with Crippen molar-refractivity contribution in [1.82, 2.24) is 5.32 Å². The van der Waals surface area contributed by atoms with Gasteiger partial charge < -0.3 is 20.3 Å². The topological polar surface area (TPSA) is 95.9 Å². The smallest absolute Gasteiger partial charge is 0.305 e. The fourth-order valence-electron chi connectivity index (χ4n) is 10.2. The lowest BCUT2D eigenvalue weighted by atomic mass is 10.0. The number of carbonyl (C=O) groups is 2. The van der Waals surface area contributed by atoms with E-state index in [0.717, 1.165) is 51.4 Å². The maximum absolute atomic E-state index is 12.5. The lowest BCUT2D eigenvalue weighted by Crippen LogP contribution is -2.45. The van der Waals surface area contributed by atoms with Crippen LogP contribution in [0, 0.1) is 0 Å². The van der Waals surface area contributed by atoms with Crippen LogP contribution in [0.2, 0.25) is 0 Å². The maximum atomic E-state index is 12.5. The van der Waals surface area contributed by atoms with Gasteiger partial charge >= 0.3 is 5.97 Å². The second kappa shape index (κ2) is 64.3. The molecule has 0 rings (SSSR count). The Labute approximate surface area is 467 Å². The van der Waals surface area contributed by atoms with E-state index in [1.54, 1.807) is 6.08 Å². The van der Waals surface area contributed by atoms with E-state index < -0.39 is 12.1 Å². The number of aliphatic hydroxyl groups excluding tert-OH is 2. The molecule has 0 aromatic heterocycles. The fraction of sp³-hybridized carbons (Fsp3) is 0.855. The van der Waals surface area contributed by atoms with Crippen LogP contribution in [0.4, 0.5) is 0 Å². The molecule has 0 saturated heterocycles. The third kappa shape index (κ3) is 60.9. The number of aliphatic hydroxyl groups is 2. The van der Waals surface area contributed by atoms with Gasteiger partial charge in [-0.05, 0) is 77.0 Å². The summed E-state index contributed by atoms with van der Waals surface area (Å²) in [6.07, 6.45) is 83.2. The van der Waals surface area contributed by atoms with Crippen LogP contribution < -0.4 is 5.32 Å². The Morgan fingerprint density at radius 3 is 1.03 bits per heavy atom. The molecule has 3 N–H and O–H groups in total. The van der Waals surface area contributed by atoms with Crippen LogP contribution in [0.1, 0.15) is 354 Å². The van der Waals surface area contributed by atoms with Crippen molar-refractivity contribution >= 4 is 11.9 Å². The van der Waals surface area contributed by atoms with Gasteiger partial charge in [0.15, 0.2) is 0 Å². The van der Waals surface area contributed by atoms with Crippen molar-refractivity contribution in [3.05, 3.63) is 48.6 Å². The van der Waals surface area contributed by atoms with Gasteiger partial charge in [0.05, 0.1) is 25.4 Å². The molecule has 75 heavy (non-hydrogen) atoms. The Morgan fingerprint density at radius 2 is 0.667 bits per heavy atom. The zero-order valence-electron chi connectivity index (χ0n) is 50.3. The largest absolute Gasteiger partial charge is 0.465 e. The standard InChI is InChI=1S/C69H129NO5/c1-3-5-7-9-11-13-15-17-19-21-26-29-33-37-41-45-49-53-57-61-67(72)66(65-71)70-68(73)62-58-54-50-46-42-38-34-30-27-24-23-25-28-32-36-40-44-48-52-56-60-64-75-69(74)63-59-55-51-47-43-39-35-31-22-20-18-16-14-12-10-8-6-4-2/h20,22,40,44,52,56-57,61,66-67,71-72H,3-19,21,23-39,41-43,45-51,53-55,58-60,62-65H2,1-2H3,(H,70,73)/b22-20-,44-40-,56-52-,61-57+. The minimum Gasteiger partial charge on any atom is -0.465 e. The highest BCUT2D eigenvalue weighted by atomic mass is 16.5. The lowest BCUT2D eigenvalue weighted by Gasteiger charge is -2.20. The lowest BCUT2D eigenvalue weighted by molar-refractivity contribution is -0.143. The van der Waals surface area contributed by atoms with E-state index in [1.807, 2.05) is 6.08 Å². The zero-order valence-corrected chi connectivity index (χ0v) is 50.3. The maximum Gasteiger partial charge on any atom is 0.305 e. The molecule has 0 aromatic rings. The molecule has 440 valence electrons. The molecule has 0 saturated carbocycles. The van der Waals surface area contributed by atoms with Crippen molar-refractivity contribution in [3.63, 3.8) is 0 Å². The van der Waals surface area contributed by atoms with Crippen LogP contribution >= 0.6 is 0 Å². The van der Waals surface area contributed by atoms with Crippen molar-refractivity contribution in [1.29, 1.82) is 0 Å². The van der Waals surface area contributed by atoms with Crippen LogP contribution in [0.5, 0.6) is 0 Å². The molecule has 0 bridgehead atoms. The second-order valence-electron chi connectivity index (χ2n) is 22.8. The molecule has 2 unspecified atom stereocenters. The van der Waals surface area contributed by atoms with Crippen molar-refractivity contribution in [2.75, 3.05) is 13.2 Å². The summed E-state index contributed by atoms with van der Waals surface area (Å²) in [6.45, 7) is 4.81. The minimum atomic E-state index is -0.850. The van der Waals surface area contributed by atoms with Crippen LogP contribution in [0.15, 0.2) is 48.6 Å². The quantitative estimate of drug-likeness (QED) is 0.0320. The van der Waals surface area contributed by atoms with Gasteiger partial charge in [-0.3, -0.25) is 9.59 Å². The predicted molar refractivity (Wildman–Crippen MR) is 329 cm³/mol. The predicted octanol–water partition coefficient (Wildman–Crippen LogP) is 21.3. The Kier molecular flexibility index (Phi) is 62.5. The molecule has 0 aliphatic rings. The summed E-state index contributed by atoms with van der Waals surface area (Å²) in [5.41, 5.74) is 0. The third-order valence-corrected chi connectivity index (χ3v) is 15.3. The van der Waals surface area contributed by atoms with Crippen LogP contribution in [0.25, 0.3) is 0 Å². The Hall–Kier alpha value is -2.18. The Bertz CT molecular complexity index is 1260. The van der Waals surface area contributed by atoms with Gasteiger partial charge in [-0.25, -0.2) is 0 Å². The Morgan fingerprint density at radius 1 is 0.373 bits per heavy atom. The third-order valence-electron chi connectivity index (χ3n) is 15.3. The number of unbranched alkanes of at least 4 members (excludes halogenated alkanes) is 45. The average molecular weight is 1050 g/mol. The van der Waals surface area contributed by atoms with Gasteiger partial charge in [0.2, 0.25) is 5.91 Å². The van der Waals surface area contributed by atoms with Gasteiger partial charge in [-0.1, -0.05) is 313 Å². The molecule has 0 radical (unpaired) electrons. The SMILES string of the molecule is CCCCCCCCC/C=C\CCCCCCCCCC(=O)OCC/C=C\C/C=C\CCCCCCCCCCCCCCCCC(=O)NC(CO)C(O)/C=C/CCCCCCCCCCCCCCCCCCC. The molecule has 0 aliphatic carbocycles. The second-order valence-corrected chi connectivity index (χ2v) is 22.8. The van der Waals surface area contributed by atoms with Crippen molar-refractivity contribution in [2.24, 2.45) is 0 Å². The summed E-state index contributed by atoms with van der Waals surface area (Å²) in [6, 6.07) is -0.633. The van der Waals surface area contributed by atoms with E-state index in [4.69, 9.17) is 4.74 Å². The first kappa shape index (κ1) is 72.8. The number of esters is 1. The number of nitrogens with one attached hydrogen (secondary N) is 1. The van der Waals surface area contributed by atoms with Gasteiger partial charge in [-0.2, -0.15) is 0 Å². The first-order chi connectivity index (χ1) is 37.0. The monoisotopic (exact) mass is 1050 g/mol. The van der Waals surface area contributed by atoms with Gasteiger partial charge in [0.25, 0.3) is 0 Å². The molecule has 0 aliphatic heterocycles. The van der Waals surface area contributed by atoms with E-state index in [1.165, 1.54) is 276 Å². The van der Waals surface area contributed by atoms with E-state index in [0.29, 0.717) is 19.4 Å². The van der Waals surface area contributed by atoms with E-state index in [2.05, 4.69) is 55.6 Å². The highest BCUT2D eigenvalue weighted by Crippen LogP contribution is 2.17. The molecular weight excluding hydrogens is 923 g/mol. The number of amides is 1. The van der Waals surface area contributed by atoms with Crippen molar-refractivity contribution in [3.8, 4) is 0 Å². The van der Waals surface area contributed by atoms with Crippen molar-refractivity contribution in [2.45, 2.75) is 366 Å². The van der Waals surface area contributed by atoms with Gasteiger partial charge in [0, 0.05) is 12.8 Å². The fourth-order valence-corrected chi connectivity index (χ4v) is 10.2. The minimum absolute atomic E-state index is 0.0386. The van der Waals surface area contributed by atoms with Crippen LogP contribution in [-0.4, -0.2) is 47.4 Å². The van der Waals surface area contributed by atoms with E-state index in [9.17, 15) is 19.8 Å². The molecule has 0 aromatic carbocycles. The van der Waals surface area contributed by atoms with E-state index >= 15 is 0 Å². The molecule has 1 amide bonds. The molecule has 0 spiro atoms. The van der Waals surface area contributed by atoms with E-state index in [-0.39, 0.29) is 18.5 Å². The number of allylic oxidation sites excluding steroid dienone is 6. The summed E-state index contributed by atoms with van der Waals surface area (Å²) in [7, 11) is 0. The van der Waals surface area contributed by atoms with Crippen molar-refractivity contribution < 1.29 is 24.5 Å². The first-order valence-corrected chi connectivity index (χ1v) is 33.4. The number of hydrogen-bond acceptors (Lipinski definition) is 5. The summed E-state index contributed by atoms with van der Waals surface area (Å²) in [5.74, 6) is -0.109. The summed E-state index contributed by atoms with van der Waals surface area (Å²) in [4.78, 5) is 24.6. The Balaban J connectivity index is 3.47. The molecular formula is C69H129NO5. The summed E-state index contributed by atoms with van der Waals surface area (Å²) in [5, 5.41) is 23.2. The van der Waals surface area contributed by atoms with Gasteiger partial charge in [-0.15, -0.1) is 0 Å². The number of rotatable bonds is 62. The summed E-state index contributed by atoms with van der Waals surface area (Å²) >= 11 is 0. The van der Waals surface area contributed by atoms with Crippen LogP contribution in [-0.2, 0) is 14.3 Å². The number of hydrogen-bond donors (Lipinski definition) is 3. The molecule has 6 nitrogen and oxygen atoms in total. The highest BCUT2D eigenvalue weighted by Gasteiger charge is 2.18.